The highest BCUT2D eigenvalue weighted by molar-refractivity contribution is 6.18. The molecule has 4 fully saturated rings. The Kier molecular flexibility index (Phi) is 19.0. The number of benzene rings is 4. The number of hydrogen-bond acceptors (Lipinski definition) is 4. The van der Waals surface area contributed by atoms with E-state index in [1.165, 1.54) is 163 Å². The summed E-state index contributed by atoms with van der Waals surface area (Å²) in [4.78, 5) is 45.1. The largest absolute Gasteiger partial charge is 0.466 e. The molecule has 4 aliphatic heterocycles. The lowest BCUT2D eigenvalue weighted by Crippen LogP contribution is -2.83. The van der Waals surface area contributed by atoms with Gasteiger partial charge in [0, 0.05) is 51.6 Å². The van der Waals surface area contributed by atoms with Crippen molar-refractivity contribution in [2.75, 3.05) is 58.2 Å². The monoisotopic (exact) mass is 1140 g/mol. The average molecular weight is 1140 g/mol. The molecule has 7 unspecified atom stereocenters. The van der Waals surface area contributed by atoms with Gasteiger partial charge in [-0.15, -0.1) is 11.6 Å². The molecule has 4 amide bonds. The lowest BCUT2D eigenvalue weighted by Gasteiger charge is -2.52. The molecule has 2 aliphatic carbocycles. The Morgan fingerprint density at radius 1 is 0.494 bits per heavy atom. The minimum atomic E-state index is -0.346. The Labute approximate surface area is 500 Å². The molecule has 4 saturated heterocycles. The Morgan fingerprint density at radius 3 is 1.48 bits per heavy atom. The van der Waals surface area contributed by atoms with Crippen molar-refractivity contribution in [3.8, 4) is 22.5 Å². The summed E-state index contributed by atoms with van der Waals surface area (Å²) in [5.41, 5.74) is 12.8. The van der Waals surface area contributed by atoms with Gasteiger partial charge in [-0.25, -0.2) is 14.5 Å². The molecule has 440 valence electrons. The first-order valence-electron chi connectivity index (χ1n) is 33.1. The predicted molar refractivity (Wildman–Crippen MR) is 343 cm³/mol. The minimum Gasteiger partial charge on any atom is -0.354 e. The van der Waals surface area contributed by atoms with E-state index in [1.807, 2.05) is 0 Å². The predicted octanol–water partition coefficient (Wildman–Crippen LogP) is 17.0. The van der Waals surface area contributed by atoms with Gasteiger partial charge < -0.3 is 9.97 Å². The highest BCUT2D eigenvalue weighted by Crippen LogP contribution is 2.46. The van der Waals surface area contributed by atoms with E-state index < -0.39 is 0 Å². The zero-order valence-corrected chi connectivity index (χ0v) is 50.5. The Hall–Kier alpha value is -5.49. The fourth-order valence-electron chi connectivity index (χ4n) is 16.6. The van der Waals surface area contributed by atoms with Gasteiger partial charge in [0.1, 0.15) is 6.54 Å². The fourth-order valence-corrected chi connectivity index (χ4v) is 16.9. The lowest BCUT2D eigenvalue weighted by molar-refractivity contribution is -1.43. The van der Waals surface area contributed by atoms with Crippen molar-refractivity contribution in [3.05, 3.63) is 132 Å². The van der Waals surface area contributed by atoms with Gasteiger partial charge in [0.2, 0.25) is 6.17 Å². The molecule has 6 aliphatic rings. The fraction of sp³-hybridized carbons (Fsp3) is 0.528. The SMILES string of the molecule is O=C1NCC[N+]1(CCCl)[N+]1(C(CN2CCCCCCCCCCC3CCC2C=C(c2c(-c4ccccc4)[nH]c4ccccc24)C3)N2CCCCCCCCCCC3CCC2C=C(c2c(-c4ccccc4)[nH]c4ccccc24)C3)CCNC1=O. The zero-order valence-electron chi connectivity index (χ0n) is 49.8. The first-order chi connectivity index (χ1) is 40.9. The lowest BCUT2D eigenvalue weighted by atomic mass is 9.87. The number of carbonyl (C=O) groups excluding carboxylic acids is 2. The maximum absolute atomic E-state index is 16.1. The molecule has 83 heavy (non-hydrogen) atoms. The number of para-hydroxylation sites is 2. The molecule has 4 bridgehead atoms. The molecule has 12 rings (SSSR count). The third kappa shape index (κ3) is 12.3. The Bertz CT molecular complexity index is 3180. The summed E-state index contributed by atoms with van der Waals surface area (Å²) in [7, 11) is 0. The van der Waals surface area contributed by atoms with Gasteiger partial charge in [-0.05, 0) is 104 Å². The highest BCUT2D eigenvalue weighted by Gasteiger charge is 2.70. The number of allylic oxidation sites excluding steroid dienone is 2. The summed E-state index contributed by atoms with van der Waals surface area (Å²) >= 11 is 7.03. The van der Waals surface area contributed by atoms with Crippen LogP contribution in [0.15, 0.2) is 121 Å². The first-order valence-corrected chi connectivity index (χ1v) is 33.6. The van der Waals surface area contributed by atoms with E-state index in [-0.39, 0.29) is 39.5 Å². The molecule has 4 aromatic carbocycles. The van der Waals surface area contributed by atoms with Crippen molar-refractivity contribution >= 4 is 56.6 Å². The number of halogens is 1. The maximum Gasteiger partial charge on any atom is 0.466 e. The maximum atomic E-state index is 16.1. The third-order valence-corrected chi connectivity index (χ3v) is 21.0. The molecule has 11 heteroatoms. The van der Waals surface area contributed by atoms with Crippen molar-refractivity contribution in [2.45, 2.75) is 172 Å². The van der Waals surface area contributed by atoms with Crippen LogP contribution in [0.5, 0.6) is 0 Å². The Morgan fingerprint density at radius 2 is 0.964 bits per heavy atom. The quantitative estimate of drug-likeness (QED) is 0.0768. The number of fused-ring (bicyclic) bond motifs is 8. The molecule has 0 spiro atoms. The number of rotatable bonds is 11. The zero-order chi connectivity index (χ0) is 56.4. The number of hydrogen-bond donors (Lipinski definition) is 4. The van der Waals surface area contributed by atoms with Crippen LogP contribution in [0.3, 0.4) is 0 Å². The van der Waals surface area contributed by atoms with Crippen molar-refractivity contribution in [1.82, 2.24) is 30.4 Å². The van der Waals surface area contributed by atoms with E-state index in [1.54, 1.807) is 0 Å². The number of alkyl halides is 1. The van der Waals surface area contributed by atoms with Crippen LogP contribution in [0, 0.1) is 11.8 Å². The van der Waals surface area contributed by atoms with Gasteiger partial charge in [-0.3, -0.25) is 15.5 Å². The smallest absolute Gasteiger partial charge is 0.354 e. The van der Waals surface area contributed by atoms with E-state index in [2.05, 4.69) is 152 Å². The van der Waals surface area contributed by atoms with Gasteiger partial charge in [0.05, 0.1) is 36.9 Å². The van der Waals surface area contributed by atoms with Crippen LogP contribution in [-0.4, -0.2) is 118 Å². The van der Waals surface area contributed by atoms with Gasteiger partial charge >= 0.3 is 12.1 Å². The van der Waals surface area contributed by atoms with E-state index in [0.717, 1.165) is 70.9 Å². The number of amides is 4. The highest BCUT2D eigenvalue weighted by atomic mass is 35.5. The number of carbonyl (C=O) groups is 2. The number of aromatic amines is 2. The number of H-pyrrole nitrogens is 2. The van der Waals surface area contributed by atoms with Crippen molar-refractivity contribution in [1.29, 1.82) is 0 Å². The summed E-state index contributed by atoms with van der Waals surface area (Å²) in [5.74, 6) is 1.39. The number of urea groups is 2. The third-order valence-electron chi connectivity index (χ3n) is 20.8. The van der Waals surface area contributed by atoms with E-state index in [0.29, 0.717) is 57.0 Å². The topological polar surface area (TPSA) is 96.3 Å². The summed E-state index contributed by atoms with van der Waals surface area (Å²) in [5, 5.41) is 9.37. The molecule has 6 heterocycles. The number of aromatic nitrogens is 2. The van der Waals surface area contributed by atoms with Crippen LogP contribution in [-0.2, 0) is 0 Å². The molecule has 0 radical (unpaired) electrons. The van der Waals surface area contributed by atoms with Crippen molar-refractivity contribution < 1.29 is 18.8 Å². The van der Waals surface area contributed by atoms with E-state index in [9.17, 15) is 0 Å². The van der Waals surface area contributed by atoms with Crippen LogP contribution in [0.2, 0.25) is 0 Å². The van der Waals surface area contributed by atoms with Crippen LogP contribution < -0.4 is 10.6 Å². The van der Waals surface area contributed by atoms with Gasteiger partial charge in [0.25, 0.3) is 0 Å². The summed E-state index contributed by atoms with van der Waals surface area (Å²) in [6.45, 7) is 4.99. The standard InChI is InChI=1S/C72H93ClN8O2/c73-41-46-80(47-42-74-71(80)82)81(48-43-75-72(81)83)66(79-45-26-12-8-4-2-6-10-16-28-55-38-40-61(79)52-59(50-55)68-63-34-22-24-36-65(63)77-70(68)57-31-19-14-20-32-57)53-78-44-25-11-7-3-1-5-9-15-27-54-37-39-60(78)51-58(49-54)67-62-33-21-23-35-64(62)76-69(67)56-29-17-13-18-30-56/h13-14,17-24,29-36,51-52,54-55,60-61,66,76-77H,1-12,15-16,25-28,37-50,53H2/p+2. The second-order valence-electron chi connectivity index (χ2n) is 25.9. The number of quaternary nitrogens is 2. The van der Waals surface area contributed by atoms with Gasteiger partial charge in [-0.2, -0.15) is 0 Å². The van der Waals surface area contributed by atoms with Crippen LogP contribution >= 0.6 is 11.6 Å². The van der Waals surface area contributed by atoms with E-state index in [4.69, 9.17) is 11.6 Å². The molecule has 4 N–H and O–H groups in total. The van der Waals surface area contributed by atoms with Crippen LogP contribution in [0.25, 0.3) is 55.5 Å². The number of nitrogens with zero attached hydrogens (tertiary/aromatic N) is 4. The second-order valence-corrected chi connectivity index (χ2v) is 26.3. The molecule has 10 nitrogen and oxygen atoms in total. The summed E-state index contributed by atoms with van der Waals surface area (Å²) in [6, 6.07) is 40.0. The summed E-state index contributed by atoms with van der Waals surface area (Å²) < 4.78 is 0.0213. The van der Waals surface area contributed by atoms with Crippen molar-refractivity contribution in [2.24, 2.45) is 11.8 Å². The van der Waals surface area contributed by atoms with Gasteiger partial charge in [-0.1, -0.05) is 221 Å². The summed E-state index contributed by atoms with van der Waals surface area (Å²) in [6.07, 6.45) is 33.9. The van der Waals surface area contributed by atoms with Crippen LogP contribution in [0.1, 0.15) is 165 Å². The van der Waals surface area contributed by atoms with E-state index >= 15 is 9.59 Å². The normalized spacial score (nSPS) is 27.6. The van der Waals surface area contributed by atoms with Gasteiger partial charge in [0.15, 0.2) is 13.1 Å². The first kappa shape index (κ1) is 57.9. The minimum absolute atomic E-state index is 0.000461. The molecular weight excluding hydrogens is 1040 g/mol. The molecule has 2 aromatic heterocycles. The number of nitrogens with one attached hydrogen (secondary N) is 4. The van der Waals surface area contributed by atoms with Crippen LogP contribution in [0.4, 0.5) is 9.59 Å². The van der Waals surface area contributed by atoms with Crippen molar-refractivity contribution in [3.63, 3.8) is 0 Å². The molecule has 0 saturated carbocycles. The average Bonchev–Trinajstić information content (AvgIpc) is 2.32. The molecule has 6 aromatic rings. The second kappa shape index (κ2) is 27.3. The molecule has 7 atom stereocenters. The molecular formula is C72H95ClN8O2+2. The Balaban J connectivity index is 1.06.